The van der Waals surface area contributed by atoms with Crippen LogP contribution in [-0.2, 0) is 0 Å². The maximum atomic E-state index is 5.06. The molecule has 5 heteroatoms. The van der Waals surface area contributed by atoms with Crippen molar-refractivity contribution in [2.45, 2.75) is 33.2 Å². The molecular formula is C11H22ClN2NaO. The molecule has 0 unspecified atom stereocenters. The van der Waals surface area contributed by atoms with Gasteiger partial charge in [0.15, 0.2) is 0 Å². The van der Waals surface area contributed by atoms with Crippen LogP contribution in [-0.4, -0.2) is 11.0 Å². The van der Waals surface area contributed by atoms with Crippen LogP contribution < -0.4 is 40.8 Å². The minimum Gasteiger partial charge on any atom is -0.870 e. The second-order valence-electron chi connectivity index (χ2n) is 4.05. The van der Waals surface area contributed by atoms with Crippen molar-refractivity contribution in [2.24, 2.45) is 5.84 Å². The van der Waals surface area contributed by atoms with Gasteiger partial charge in [0.1, 0.15) is 0 Å². The summed E-state index contributed by atoms with van der Waals surface area (Å²) in [6, 6.07) is 10.3. The minimum absolute atomic E-state index is 0. The average molecular weight is 257 g/mol. The normalized spacial score (nSPS) is 8.31. The summed E-state index contributed by atoms with van der Waals surface area (Å²) in [5.74, 6) is 5.06. The van der Waals surface area contributed by atoms with Crippen molar-refractivity contribution in [1.82, 2.24) is 5.43 Å². The van der Waals surface area contributed by atoms with E-state index in [0.29, 0.717) is 0 Å². The van der Waals surface area contributed by atoms with Gasteiger partial charge in [0, 0.05) is 5.54 Å². The van der Waals surface area contributed by atoms with E-state index in [9.17, 15) is 0 Å². The summed E-state index contributed by atoms with van der Waals surface area (Å²) in [5, 5.41) is 0. The molecule has 1 aromatic rings. The van der Waals surface area contributed by atoms with Gasteiger partial charge in [0.25, 0.3) is 0 Å². The summed E-state index contributed by atoms with van der Waals surface area (Å²) in [4.78, 5) is 0. The summed E-state index contributed by atoms with van der Waals surface area (Å²) in [6.45, 7) is 8.10. The van der Waals surface area contributed by atoms with Crippen LogP contribution in [0.1, 0.15) is 26.3 Å². The molecule has 16 heavy (non-hydrogen) atoms. The quantitative estimate of drug-likeness (QED) is 0.373. The Bertz CT molecular complexity index is 227. The topological polar surface area (TPSA) is 68.0 Å². The van der Waals surface area contributed by atoms with Gasteiger partial charge in [-0.3, -0.25) is 11.3 Å². The van der Waals surface area contributed by atoms with Gasteiger partial charge in [-0.1, -0.05) is 35.9 Å². The molecule has 0 bridgehead atoms. The van der Waals surface area contributed by atoms with E-state index in [2.05, 4.69) is 24.5 Å². The fourth-order valence-corrected chi connectivity index (χ4v) is 0.534. The number of aryl methyl sites for hydroxylation is 1. The Morgan fingerprint density at radius 1 is 1.06 bits per heavy atom. The standard InChI is InChI=1S/C7H8.C4H12N2.ClH.Na.H2O/c1-7-5-3-2-4-6-7;1-4(2,3)6-5;;;/h2-6H,1H3;6H,5H2,1-3H3;1H;;1H2/q;;;+1;/p-1. The molecule has 3 nitrogen and oxygen atoms in total. The van der Waals surface area contributed by atoms with Crippen LogP contribution >= 0.6 is 12.4 Å². The smallest absolute Gasteiger partial charge is 0.870 e. The van der Waals surface area contributed by atoms with Crippen molar-refractivity contribution in [3.05, 3.63) is 35.9 Å². The minimum atomic E-state index is 0. The predicted molar refractivity (Wildman–Crippen MR) is 67.4 cm³/mol. The zero-order valence-corrected chi connectivity index (χ0v) is 13.6. The summed E-state index contributed by atoms with van der Waals surface area (Å²) in [7, 11) is 0. The average Bonchev–Trinajstić information content (AvgIpc) is 2.06. The van der Waals surface area contributed by atoms with E-state index >= 15 is 0 Å². The monoisotopic (exact) mass is 256 g/mol. The molecule has 0 aliphatic carbocycles. The molecule has 0 fully saturated rings. The van der Waals surface area contributed by atoms with Gasteiger partial charge >= 0.3 is 29.6 Å². The van der Waals surface area contributed by atoms with E-state index in [1.165, 1.54) is 5.56 Å². The number of hydrogen-bond donors (Lipinski definition) is 2. The summed E-state index contributed by atoms with van der Waals surface area (Å²) in [5.41, 5.74) is 4.00. The number of nitrogens with two attached hydrogens (primary N) is 1. The molecule has 0 aromatic heterocycles. The Kier molecular flexibility index (Phi) is 21.3. The van der Waals surface area contributed by atoms with Crippen molar-refractivity contribution in [2.75, 3.05) is 0 Å². The van der Waals surface area contributed by atoms with Crippen molar-refractivity contribution >= 4 is 12.4 Å². The Labute approximate surface area is 127 Å². The third-order valence-electron chi connectivity index (χ3n) is 1.37. The predicted octanol–water partition coefficient (Wildman–Crippen LogP) is -0.508. The number of halogens is 1. The Morgan fingerprint density at radius 3 is 1.50 bits per heavy atom. The van der Waals surface area contributed by atoms with Crippen LogP contribution in [0.4, 0.5) is 0 Å². The second kappa shape index (κ2) is 13.5. The van der Waals surface area contributed by atoms with Crippen molar-refractivity contribution in [3.8, 4) is 0 Å². The van der Waals surface area contributed by atoms with Gasteiger partial charge in [0.05, 0.1) is 0 Å². The zero-order valence-electron chi connectivity index (χ0n) is 10.8. The van der Waals surface area contributed by atoms with Crippen LogP contribution in [0.2, 0.25) is 0 Å². The summed E-state index contributed by atoms with van der Waals surface area (Å²) >= 11 is 0. The molecule has 0 spiro atoms. The number of hydrogen-bond acceptors (Lipinski definition) is 3. The molecule has 90 valence electrons. The first-order valence-corrected chi connectivity index (χ1v) is 4.45. The molecule has 0 aliphatic heterocycles. The van der Waals surface area contributed by atoms with Gasteiger partial charge in [-0.15, -0.1) is 12.4 Å². The largest absolute Gasteiger partial charge is 1.00 e. The third-order valence-corrected chi connectivity index (χ3v) is 1.37. The van der Waals surface area contributed by atoms with Gasteiger partial charge in [-0.05, 0) is 27.7 Å². The summed E-state index contributed by atoms with van der Waals surface area (Å²) in [6.07, 6.45) is 0. The van der Waals surface area contributed by atoms with E-state index in [1.807, 2.05) is 39.0 Å². The third kappa shape index (κ3) is 19.9. The fraction of sp³-hybridized carbons (Fsp3) is 0.455. The fourth-order valence-electron chi connectivity index (χ4n) is 0.534. The number of hydrazine groups is 1. The molecule has 4 N–H and O–H groups in total. The molecule has 0 heterocycles. The van der Waals surface area contributed by atoms with Crippen molar-refractivity contribution in [1.29, 1.82) is 0 Å². The molecule has 0 amide bonds. The molecule has 0 atom stereocenters. The van der Waals surface area contributed by atoms with E-state index in [0.717, 1.165) is 0 Å². The van der Waals surface area contributed by atoms with E-state index < -0.39 is 0 Å². The van der Waals surface area contributed by atoms with Crippen molar-refractivity contribution in [3.63, 3.8) is 0 Å². The number of rotatable bonds is 0. The number of benzene rings is 1. The van der Waals surface area contributed by atoms with E-state index in [1.54, 1.807) is 0 Å². The Morgan fingerprint density at radius 2 is 1.38 bits per heavy atom. The Hall–Kier alpha value is 0.390. The maximum absolute atomic E-state index is 5.06. The van der Waals surface area contributed by atoms with Crippen LogP contribution in [0.15, 0.2) is 30.3 Å². The first-order valence-electron chi connectivity index (χ1n) is 4.45. The van der Waals surface area contributed by atoms with Crippen LogP contribution in [0.3, 0.4) is 0 Å². The molecule has 0 aliphatic rings. The Balaban J connectivity index is -0.0000000767. The molecule has 1 aromatic carbocycles. The van der Waals surface area contributed by atoms with Gasteiger partial charge in [-0.2, -0.15) is 0 Å². The van der Waals surface area contributed by atoms with E-state index in [4.69, 9.17) is 5.84 Å². The second-order valence-corrected chi connectivity index (χ2v) is 4.05. The molecule has 0 saturated heterocycles. The molecule has 0 radical (unpaired) electrons. The van der Waals surface area contributed by atoms with Crippen LogP contribution in [0.25, 0.3) is 0 Å². The van der Waals surface area contributed by atoms with Gasteiger partial charge < -0.3 is 5.48 Å². The zero-order chi connectivity index (χ0) is 10.3. The SMILES string of the molecule is CC(C)(C)NN.Cc1ccccc1.Cl.[Na+].[OH-]. The van der Waals surface area contributed by atoms with Gasteiger partial charge in [-0.25, -0.2) is 0 Å². The van der Waals surface area contributed by atoms with Crippen molar-refractivity contribution < 1.29 is 35.0 Å². The number of nitrogens with one attached hydrogen (secondary N) is 1. The van der Waals surface area contributed by atoms with Gasteiger partial charge in [0.2, 0.25) is 0 Å². The first-order chi connectivity index (χ1) is 5.95. The summed E-state index contributed by atoms with van der Waals surface area (Å²) < 4.78 is 0. The van der Waals surface area contributed by atoms with E-state index in [-0.39, 0.29) is 53.0 Å². The molecule has 0 saturated carbocycles. The van der Waals surface area contributed by atoms with Crippen LogP contribution in [0, 0.1) is 6.92 Å². The molecular weight excluding hydrogens is 235 g/mol. The maximum Gasteiger partial charge on any atom is 1.00 e. The molecule has 1 rings (SSSR count). The van der Waals surface area contributed by atoms with Crippen LogP contribution in [0.5, 0.6) is 0 Å². The first kappa shape index (κ1) is 25.3.